The van der Waals surface area contributed by atoms with Gasteiger partial charge in [0, 0.05) is 12.8 Å². The van der Waals surface area contributed by atoms with Gasteiger partial charge in [-0.15, -0.1) is 0 Å². The summed E-state index contributed by atoms with van der Waals surface area (Å²) in [5.41, 5.74) is 0. The molecule has 78 heavy (non-hydrogen) atoms. The van der Waals surface area contributed by atoms with Gasteiger partial charge in [0.15, 0.2) is 6.10 Å². The number of carbonyl (C=O) groups is 2. The number of likely N-dealkylation sites (N-methyl/N-ethyl adjacent to an activating group) is 1. The van der Waals surface area contributed by atoms with Crippen LogP contribution < -0.4 is 0 Å². The molecule has 0 heterocycles. The number of phosphoric acid groups is 1. The van der Waals surface area contributed by atoms with Crippen molar-refractivity contribution in [1.82, 2.24) is 0 Å². The quantitative estimate of drug-likeness (QED) is 0.0211. The Bertz CT molecular complexity index is 1370. The highest BCUT2D eigenvalue weighted by atomic mass is 31.2. The van der Waals surface area contributed by atoms with Crippen LogP contribution in [-0.2, 0) is 32.7 Å². The number of nitrogens with zero attached hydrogens (tertiary/aromatic N) is 1. The van der Waals surface area contributed by atoms with E-state index in [0.717, 1.165) is 32.1 Å². The van der Waals surface area contributed by atoms with Gasteiger partial charge in [-0.3, -0.25) is 18.6 Å². The van der Waals surface area contributed by atoms with Crippen LogP contribution in [0.3, 0.4) is 0 Å². The first-order valence-electron chi connectivity index (χ1n) is 34.1. The number of hydrogen-bond donors (Lipinski definition) is 1. The van der Waals surface area contributed by atoms with Gasteiger partial charge < -0.3 is 18.9 Å². The van der Waals surface area contributed by atoms with Crippen molar-refractivity contribution >= 4 is 19.8 Å². The molecular weight excluding hydrogens is 990 g/mol. The number of hydrogen-bond acceptors (Lipinski definition) is 7. The first kappa shape index (κ1) is 76.5. The molecular formula is C68H133NO8P+. The Morgan fingerprint density at radius 2 is 0.654 bits per heavy atom. The summed E-state index contributed by atoms with van der Waals surface area (Å²) in [6.45, 7) is 4.50. The fraction of sp³-hybridized carbons (Fsp3) is 0.912. The molecule has 0 rings (SSSR count). The van der Waals surface area contributed by atoms with E-state index >= 15 is 0 Å². The molecule has 2 unspecified atom stereocenters. The minimum atomic E-state index is -4.39. The van der Waals surface area contributed by atoms with Crippen molar-refractivity contribution in [2.24, 2.45) is 0 Å². The van der Waals surface area contributed by atoms with Gasteiger partial charge >= 0.3 is 19.8 Å². The zero-order chi connectivity index (χ0) is 57.0. The molecule has 10 heteroatoms. The van der Waals surface area contributed by atoms with Gasteiger partial charge in [-0.1, -0.05) is 295 Å². The van der Waals surface area contributed by atoms with Crippen LogP contribution in [0.1, 0.15) is 348 Å². The highest BCUT2D eigenvalue weighted by Gasteiger charge is 2.27. The molecule has 0 bridgehead atoms. The van der Waals surface area contributed by atoms with E-state index in [-0.39, 0.29) is 25.6 Å². The summed E-state index contributed by atoms with van der Waals surface area (Å²) >= 11 is 0. The van der Waals surface area contributed by atoms with Crippen molar-refractivity contribution in [3.63, 3.8) is 0 Å². The second-order valence-electron chi connectivity index (χ2n) is 24.6. The fourth-order valence-electron chi connectivity index (χ4n) is 10.2. The average molecular weight is 1120 g/mol. The summed E-state index contributed by atoms with van der Waals surface area (Å²) in [7, 11) is 1.50. The second-order valence-corrected chi connectivity index (χ2v) is 26.0. The molecule has 0 aliphatic heterocycles. The van der Waals surface area contributed by atoms with Crippen LogP contribution in [0.5, 0.6) is 0 Å². The smallest absolute Gasteiger partial charge is 0.462 e. The Balaban J connectivity index is 3.99. The highest BCUT2D eigenvalue weighted by molar-refractivity contribution is 7.47. The zero-order valence-corrected chi connectivity index (χ0v) is 53.6. The fourth-order valence-corrected chi connectivity index (χ4v) is 10.9. The van der Waals surface area contributed by atoms with Gasteiger partial charge in [0.1, 0.15) is 19.8 Å². The van der Waals surface area contributed by atoms with E-state index in [1.54, 1.807) is 0 Å². The first-order valence-corrected chi connectivity index (χ1v) is 35.6. The number of rotatable bonds is 64. The zero-order valence-electron chi connectivity index (χ0n) is 52.7. The van der Waals surface area contributed by atoms with E-state index < -0.39 is 26.5 Å². The van der Waals surface area contributed by atoms with Crippen LogP contribution in [0.4, 0.5) is 0 Å². The maximum absolute atomic E-state index is 12.9. The maximum atomic E-state index is 12.9. The third-order valence-electron chi connectivity index (χ3n) is 15.5. The van der Waals surface area contributed by atoms with Gasteiger partial charge in [-0.2, -0.15) is 0 Å². The Morgan fingerprint density at radius 3 is 0.949 bits per heavy atom. The van der Waals surface area contributed by atoms with Crippen LogP contribution in [0.2, 0.25) is 0 Å². The summed E-state index contributed by atoms with van der Waals surface area (Å²) in [6, 6.07) is 0. The van der Waals surface area contributed by atoms with Crippen LogP contribution in [-0.4, -0.2) is 74.9 Å². The number of esters is 2. The topological polar surface area (TPSA) is 108 Å². The Morgan fingerprint density at radius 1 is 0.385 bits per heavy atom. The van der Waals surface area contributed by atoms with E-state index in [1.165, 1.54) is 283 Å². The summed E-state index contributed by atoms with van der Waals surface area (Å²) in [5.74, 6) is -0.779. The number of ether oxygens (including phenoxy) is 2. The van der Waals surface area contributed by atoms with Gasteiger partial charge in [-0.25, -0.2) is 4.57 Å². The molecule has 0 aromatic carbocycles. The minimum absolute atomic E-state index is 0.0345. The number of unbranched alkanes of at least 4 members (excludes halogenated alkanes) is 46. The highest BCUT2D eigenvalue weighted by Crippen LogP contribution is 2.43. The van der Waals surface area contributed by atoms with Crippen molar-refractivity contribution in [3.05, 3.63) is 24.3 Å². The Kier molecular flexibility index (Phi) is 58.9. The maximum Gasteiger partial charge on any atom is 0.472 e. The summed E-state index contributed by atoms with van der Waals surface area (Å²) in [5, 5.41) is 0. The third kappa shape index (κ3) is 63.7. The molecule has 0 aliphatic rings. The van der Waals surface area contributed by atoms with Crippen molar-refractivity contribution in [2.75, 3.05) is 47.5 Å². The third-order valence-corrected chi connectivity index (χ3v) is 16.4. The van der Waals surface area contributed by atoms with Crippen molar-refractivity contribution in [1.29, 1.82) is 0 Å². The van der Waals surface area contributed by atoms with E-state index in [0.29, 0.717) is 23.9 Å². The molecule has 0 fully saturated rings. The molecule has 1 N–H and O–H groups in total. The number of phosphoric ester groups is 1. The predicted molar refractivity (Wildman–Crippen MR) is 335 cm³/mol. The normalized spacial score (nSPS) is 13.3. The molecule has 0 aromatic rings. The molecule has 0 saturated heterocycles. The lowest BCUT2D eigenvalue weighted by atomic mass is 10.0. The summed E-state index contributed by atoms with van der Waals surface area (Å²) in [6.07, 6.45) is 74.3. The molecule has 0 aromatic heterocycles. The number of quaternary nitrogens is 1. The lowest BCUT2D eigenvalue weighted by Gasteiger charge is -2.24. The number of allylic oxidation sites excluding steroid dienone is 4. The number of carbonyl (C=O) groups excluding carboxylic acids is 2. The molecule has 2 atom stereocenters. The largest absolute Gasteiger partial charge is 0.472 e. The molecule has 9 nitrogen and oxygen atoms in total. The molecule has 0 aliphatic carbocycles. The molecule has 0 spiro atoms. The van der Waals surface area contributed by atoms with Gasteiger partial charge in [0.25, 0.3) is 0 Å². The molecule has 0 radical (unpaired) electrons. The Hall–Kier alpha value is -1.51. The van der Waals surface area contributed by atoms with Crippen LogP contribution >= 0.6 is 7.82 Å². The Labute approximate surface area is 485 Å². The van der Waals surface area contributed by atoms with Crippen LogP contribution in [0.15, 0.2) is 24.3 Å². The van der Waals surface area contributed by atoms with Gasteiger partial charge in [0.2, 0.25) is 0 Å². The van der Waals surface area contributed by atoms with Crippen LogP contribution in [0.25, 0.3) is 0 Å². The second kappa shape index (κ2) is 60.1. The van der Waals surface area contributed by atoms with E-state index in [4.69, 9.17) is 18.5 Å². The van der Waals surface area contributed by atoms with E-state index in [1.807, 2.05) is 21.1 Å². The van der Waals surface area contributed by atoms with Gasteiger partial charge in [-0.05, 0) is 64.2 Å². The molecule has 0 amide bonds. The lowest BCUT2D eigenvalue weighted by Crippen LogP contribution is -2.37. The monoisotopic (exact) mass is 1120 g/mol. The average Bonchev–Trinajstić information content (AvgIpc) is 3.41. The van der Waals surface area contributed by atoms with Crippen molar-refractivity contribution in [3.8, 4) is 0 Å². The van der Waals surface area contributed by atoms with Gasteiger partial charge in [0.05, 0.1) is 27.7 Å². The predicted octanol–water partition coefficient (Wildman–Crippen LogP) is 21.7. The molecule has 0 saturated carbocycles. The first-order chi connectivity index (χ1) is 38.0. The minimum Gasteiger partial charge on any atom is -0.462 e. The lowest BCUT2D eigenvalue weighted by molar-refractivity contribution is -0.870. The van der Waals surface area contributed by atoms with Crippen molar-refractivity contribution in [2.45, 2.75) is 354 Å². The van der Waals surface area contributed by atoms with E-state index in [9.17, 15) is 19.0 Å². The SMILES string of the molecule is CCCCCCCCCC/C=C\CCCCCCCCCCCCCCCCCCCCCCCC(=O)OC(COC(=O)CCCCCCCCCCC/C=C\CCCCCCCCCC)COP(=O)(O)OCC[N+](C)(C)C. The van der Waals surface area contributed by atoms with Crippen LogP contribution in [0, 0.1) is 0 Å². The van der Waals surface area contributed by atoms with E-state index in [2.05, 4.69) is 38.2 Å². The standard InChI is InChI=1S/C68H132NO8P/c1-6-8-10-12-14-16-18-20-22-24-26-28-29-30-31-32-33-34-35-36-37-38-39-41-43-45-47-49-51-53-55-57-59-61-68(71)77-66(65-76-78(72,73)75-63-62-69(3,4)5)64-74-67(70)60-58-56-54-52-50-48-46-44-42-40-27-25-23-21-19-17-15-13-11-9-7-2/h24-27,66H,6-23,28-65H2,1-5H3/p+1/b26-24-,27-25-. The summed E-state index contributed by atoms with van der Waals surface area (Å²) < 4.78 is 34.7. The van der Waals surface area contributed by atoms with Crippen molar-refractivity contribution < 1.29 is 42.1 Å². The molecule has 462 valence electrons. The summed E-state index contributed by atoms with van der Waals surface area (Å²) in [4.78, 5) is 35.8.